The lowest BCUT2D eigenvalue weighted by Gasteiger charge is -2.08. The zero-order valence-corrected chi connectivity index (χ0v) is 6.55. The average Bonchev–Trinajstić information content (AvgIpc) is 1.86. The highest BCUT2D eigenvalue weighted by atomic mass is 16.4. The van der Waals surface area contributed by atoms with Crippen molar-refractivity contribution < 1.29 is 14.7 Å². The Morgan fingerprint density at radius 2 is 2.09 bits per heavy atom. The average molecular weight is 160 g/mol. The third kappa shape index (κ3) is 4.32. The van der Waals surface area contributed by atoms with Crippen LogP contribution in [0.3, 0.4) is 0 Å². The Hall–Kier alpha value is -1.10. The molecular formula is C6H12N2O3. The van der Waals surface area contributed by atoms with Crippen LogP contribution in [0.2, 0.25) is 0 Å². The lowest BCUT2D eigenvalue weighted by Crippen LogP contribution is -2.41. The Morgan fingerprint density at radius 3 is 2.45 bits per heavy atom. The zero-order valence-electron chi connectivity index (χ0n) is 6.55. The predicted octanol–water partition coefficient (Wildman–Crippen LogP) is -0.569. The van der Waals surface area contributed by atoms with E-state index in [9.17, 15) is 9.59 Å². The quantitative estimate of drug-likeness (QED) is 0.514. The van der Waals surface area contributed by atoms with Crippen molar-refractivity contribution in [1.29, 1.82) is 0 Å². The summed E-state index contributed by atoms with van der Waals surface area (Å²) in [7, 11) is 1.63. The van der Waals surface area contributed by atoms with Gasteiger partial charge in [-0.15, -0.1) is 0 Å². The van der Waals surface area contributed by atoms with E-state index >= 15 is 0 Å². The van der Waals surface area contributed by atoms with Crippen LogP contribution in [-0.4, -0.2) is 36.6 Å². The van der Waals surface area contributed by atoms with Gasteiger partial charge >= 0.3 is 6.09 Å². The third-order valence-electron chi connectivity index (χ3n) is 1.17. The smallest absolute Gasteiger partial charge is 0.405 e. The Bertz CT molecular complexity index is 158. The van der Waals surface area contributed by atoms with Crippen molar-refractivity contribution in [2.24, 2.45) is 0 Å². The molecule has 64 valence electrons. The number of amides is 1. The van der Waals surface area contributed by atoms with Gasteiger partial charge in [-0.3, -0.25) is 4.79 Å². The first-order valence-electron chi connectivity index (χ1n) is 3.24. The summed E-state index contributed by atoms with van der Waals surface area (Å²) in [5, 5.41) is 12.9. The van der Waals surface area contributed by atoms with Gasteiger partial charge in [0, 0.05) is 0 Å². The highest BCUT2D eigenvalue weighted by molar-refractivity contribution is 5.88. The van der Waals surface area contributed by atoms with E-state index in [1.54, 1.807) is 7.05 Å². The van der Waals surface area contributed by atoms with Crippen LogP contribution in [-0.2, 0) is 4.79 Å². The molecule has 0 aliphatic heterocycles. The van der Waals surface area contributed by atoms with Gasteiger partial charge in [0.05, 0.1) is 12.6 Å². The molecule has 0 saturated heterocycles. The van der Waals surface area contributed by atoms with Gasteiger partial charge in [0.2, 0.25) is 0 Å². The third-order valence-corrected chi connectivity index (χ3v) is 1.17. The lowest BCUT2D eigenvalue weighted by molar-refractivity contribution is -0.119. The van der Waals surface area contributed by atoms with Crippen LogP contribution >= 0.6 is 0 Å². The summed E-state index contributed by atoms with van der Waals surface area (Å²) < 4.78 is 0. The van der Waals surface area contributed by atoms with Crippen LogP contribution in [0.5, 0.6) is 0 Å². The Labute approximate surface area is 64.8 Å². The van der Waals surface area contributed by atoms with Gasteiger partial charge < -0.3 is 15.7 Å². The van der Waals surface area contributed by atoms with E-state index in [1.165, 1.54) is 6.92 Å². The second-order valence-corrected chi connectivity index (χ2v) is 2.17. The van der Waals surface area contributed by atoms with E-state index in [0.717, 1.165) is 0 Å². The van der Waals surface area contributed by atoms with Crippen molar-refractivity contribution in [1.82, 2.24) is 10.6 Å². The monoisotopic (exact) mass is 160 g/mol. The second kappa shape index (κ2) is 4.68. The fraction of sp³-hybridized carbons (Fsp3) is 0.667. The predicted molar refractivity (Wildman–Crippen MR) is 39.6 cm³/mol. The van der Waals surface area contributed by atoms with Crippen LogP contribution in [0.15, 0.2) is 0 Å². The zero-order chi connectivity index (χ0) is 8.85. The number of hydrogen-bond donors (Lipinski definition) is 3. The highest BCUT2D eigenvalue weighted by Crippen LogP contribution is 1.82. The number of carbonyl (C=O) groups excluding carboxylic acids is 1. The van der Waals surface area contributed by atoms with Crippen LogP contribution in [0.1, 0.15) is 6.92 Å². The number of carboxylic acid groups (broad SMARTS) is 1. The van der Waals surface area contributed by atoms with E-state index in [-0.39, 0.29) is 12.3 Å². The highest BCUT2D eigenvalue weighted by Gasteiger charge is 2.12. The van der Waals surface area contributed by atoms with Gasteiger partial charge in [0.1, 0.15) is 0 Å². The summed E-state index contributed by atoms with van der Waals surface area (Å²) in [6.45, 7) is 1.69. The van der Waals surface area contributed by atoms with Gasteiger partial charge in [-0.2, -0.15) is 0 Å². The maximum Gasteiger partial charge on any atom is 0.405 e. The Balaban J connectivity index is 3.73. The minimum absolute atomic E-state index is 0.171. The van der Waals surface area contributed by atoms with E-state index in [0.29, 0.717) is 0 Å². The Kier molecular flexibility index (Phi) is 4.21. The van der Waals surface area contributed by atoms with Gasteiger partial charge in [-0.05, 0) is 14.0 Å². The molecule has 11 heavy (non-hydrogen) atoms. The van der Waals surface area contributed by atoms with Crippen molar-refractivity contribution in [3.05, 3.63) is 0 Å². The molecule has 1 unspecified atom stereocenters. The standard InChI is InChI=1S/C6H12N2O3/c1-4(8-6(10)11)5(9)3-7-2/h4,7-8H,3H2,1-2H3,(H,10,11). The normalized spacial score (nSPS) is 12.2. The van der Waals surface area contributed by atoms with E-state index in [4.69, 9.17) is 5.11 Å². The molecule has 0 aromatic rings. The minimum Gasteiger partial charge on any atom is -0.465 e. The van der Waals surface area contributed by atoms with Crippen LogP contribution in [0.25, 0.3) is 0 Å². The molecule has 1 amide bonds. The molecule has 0 radical (unpaired) electrons. The van der Waals surface area contributed by atoms with Crippen LogP contribution in [0.4, 0.5) is 4.79 Å². The summed E-state index contributed by atoms with van der Waals surface area (Å²) in [6, 6.07) is -0.639. The molecule has 0 bridgehead atoms. The van der Waals surface area contributed by atoms with E-state index < -0.39 is 12.1 Å². The van der Waals surface area contributed by atoms with Gasteiger partial charge in [0.25, 0.3) is 0 Å². The first-order valence-corrected chi connectivity index (χ1v) is 3.24. The van der Waals surface area contributed by atoms with Crippen LogP contribution < -0.4 is 10.6 Å². The molecule has 5 heteroatoms. The molecule has 0 rings (SSSR count). The number of Topliss-reactive ketones (excluding diaryl/α,β-unsaturated/α-hetero) is 1. The summed E-state index contributed by atoms with van der Waals surface area (Å²) in [5.74, 6) is -0.171. The maximum atomic E-state index is 10.9. The molecule has 0 aromatic carbocycles. The summed E-state index contributed by atoms with van der Waals surface area (Å²) >= 11 is 0. The van der Waals surface area contributed by atoms with Crippen molar-refractivity contribution in [3.63, 3.8) is 0 Å². The van der Waals surface area contributed by atoms with Gasteiger partial charge in [0.15, 0.2) is 5.78 Å². The Morgan fingerprint density at radius 1 is 1.55 bits per heavy atom. The number of carbonyl (C=O) groups is 2. The second-order valence-electron chi connectivity index (χ2n) is 2.17. The molecule has 3 N–H and O–H groups in total. The first kappa shape index (κ1) is 9.90. The topological polar surface area (TPSA) is 78.4 Å². The first-order chi connectivity index (χ1) is 5.07. The maximum absolute atomic E-state index is 10.9. The van der Waals surface area contributed by atoms with Crippen molar-refractivity contribution >= 4 is 11.9 Å². The van der Waals surface area contributed by atoms with Crippen molar-refractivity contribution in [2.45, 2.75) is 13.0 Å². The summed E-state index contributed by atoms with van der Waals surface area (Å²) in [5.41, 5.74) is 0. The molecule has 0 aliphatic rings. The fourth-order valence-corrected chi connectivity index (χ4v) is 0.593. The lowest BCUT2D eigenvalue weighted by atomic mass is 10.2. The van der Waals surface area contributed by atoms with Crippen LogP contribution in [0, 0.1) is 0 Å². The van der Waals surface area contributed by atoms with Crippen molar-refractivity contribution in [3.8, 4) is 0 Å². The molecule has 0 aliphatic carbocycles. The molecule has 0 aromatic heterocycles. The number of ketones is 1. The number of hydrogen-bond acceptors (Lipinski definition) is 3. The summed E-state index contributed by atoms with van der Waals surface area (Å²) in [6.07, 6.45) is -1.18. The van der Waals surface area contributed by atoms with Gasteiger partial charge in [-0.1, -0.05) is 0 Å². The fourth-order valence-electron chi connectivity index (χ4n) is 0.593. The molecule has 0 heterocycles. The number of likely N-dealkylation sites (N-methyl/N-ethyl adjacent to an activating group) is 1. The largest absolute Gasteiger partial charge is 0.465 e. The molecular weight excluding hydrogens is 148 g/mol. The summed E-state index contributed by atoms with van der Waals surface area (Å²) in [4.78, 5) is 20.9. The number of nitrogens with one attached hydrogen (secondary N) is 2. The minimum atomic E-state index is -1.18. The van der Waals surface area contributed by atoms with E-state index in [2.05, 4.69) is 10.6 Å². The molecule has 1 atom stereocenters. The molecule has 0 fully saturated rings. The van der Waals surface area contributed by atoms with Crippen molar-refractivity contribution in [2.75, 3.05) is 13.6 Å². The van der Waals surface area contributed by atoms with Gasteiger partial charge in [-0.25, -0.2) is 4.79 Å². The SMILES string of the molecule is CNCC(=O)C(C)NC(=O)O. The molecule has 5 nitrogen and oxygen atoms in total. The molecule has 0 spiro atoms. The number of rotatable bonds is 4. The molecule has 0 saturated carbocycles. The van der Waals surface area contributed by atoms with E-state index in [1.807, 2.05) is 0 Å².